The van der Waals surface area contributed by atoms with E-state index >= 15 is 0 Å². The predicted molar refractivity (Wildman–Crippen MR) is 76.5 cm³/mol. The molecule has 1 aromatic carbocycles. The van der Waals surface area contributed by atoms with Gasteiger partial charge in [0.1, 0.15) is 5.75 Å². The highest BCUT2D eigenvalue weighted by Crippen LogP contribution is 2.28. The van der Waals surface area contributed by atoms with Gasteiger partial charge in [0.2, 0.25) is 5.91 Å². The Morgan fingerprint density at radius 2 is 2.15 bits per heavy atom. The van der Waals surface area contributed by atoms with Crippen LogP contribution in [0.2, 0.25) is 0 Å². The van der Waals surface area contributed by atoms with Crippen molar-refractivity contribution in [2.75, 3.05) is 11.9 Å². The molecule has 2 rings (SSSR count). The highest BCUT2D eigenvalue weighted by atomic mass is 16.5. The molecule has 0 aliphatic carbocycles. The maximum Gasteiger partial charge on any atom is 0.262 e. The first-order chi connectivity index (χ1) is 9.63. The minimum absolute atomic E-state index is 0.0382. The Bertz CT molecular complexity index is 510. The van der Waals surface area contributed by atoms with Gasteiger partial charge in [-0.25, -0.2) is 0 Å². The molecule has 0 fully saturated rings. The molecule has 1 heterocycles. The third kappa shape index (κ3) is 3.29. The molecule has 5 heteroatoms. The van der Waals surface area contributed by atoms with Gasteiger partial charge in [-0.1, -0.05) is 19.9 Å². The van der Waals surface area contributed by atoms with E-state index in [0.717, 1.165) is 18.4 Å². The first-order valence-electron chi connectivity index (χ1n) is 6.97. The smallest absolute Gasteiger partial charge is 0.262 e. The SMILES string of the molecule is CCC(CC)C(=O)NCc1ccc2c(c1)OCC(=O)N2. The summed E-state index contributed by atoms with van der Waals surface area (Å²) in [4.78, 5) is 23.1. The molecule has 1 aromatic rings. The molecule has 2 N–H and O–H groups in total. The predicted octanol–water partition coefficient (Wildman–Crippen LogP) is 2.07. The molecule has 0 unspecified atom stereocenters. The zero-order valence-electron chi connectivity index (χ0n) is 11.9. The van der Waals surface area contributed by atoms with Crippen molar-refractivity contribution in [1.29, 1.82) is 0 Å². The van der Waals surface area contributed by atoms with Gasteiger partial charge in [0.05, 0.1) is 5.69 Å². The highest BCUT2D eigenvalue weighted by molar-refractivity contribution is 5.95. The molecule has 0 atom stereocenters. The number of rotatable bonds is 5. The summed E-state index contributed by atoms with van der Waals surface area (Å²) in [5.41, 5.74) is 1.63. The number of hydrogen-bond donors (Lipinski definition) is 2. The van der Waals surface area contributed by atoms with E-state index in [4.69, 9.17) is 4.74 Å². The first kappa shape index (κ1) is 14.4. The molecule has 0 saturated carbocycles. The molecule has 0 bridgehead atoms. The molecular weight excluding hydrogens is 256 g/mol. The van der Waals surface area contributed by atoms with Gasteiger partial charge in [0.25, 0.3) is 5.91 Å². The van der Waals surface area contributed by atoms with Gasteiger partial charge in [-0.3, -0.25) is 9.59 Å². The van der Waals surface area contributed by atoms with Crippen LogP contribution in [0.1, 0.15) is 32.3 Å². The maximum absolute atomic E-state index is 11.9. The Morgan fingerprint density at radius 1 is 1.40 bits per heavy atom. The average Bonchev–Trinajstić information content (AvgIpc) is 2.46. The monoisotopic (exact) mass is 276 g/mol. The number of anilines is 1. The van der Waals surface area contributed by atoms with Gasteiger partial charge in [-0.05, 0) is 30.5 Å². The van der Waals surface area contributed by atoms with E-state index in [1.165, 1.54) is 0 Å². The molecule has 0 radical (unpaired) electrons. The summed E-state index contributed by atoms with van der Waals surface area (Å²) in [6.07, 6.45) is 1.70. The van der Waals surface area contributed by atoms with Crippen LogP contribution in [0.4, 0.5) is 5.69 Å². The minimum Gasteiger partial charge on any atom is -0.482 e. The number of ether oxygens (including phenoxy) is 1. The van der Waals surface area contributed by atoms with Crippen LogP contribution in [0.15, 0.2) is 18.2 Å². The maximum atomic E-state index is 11.9. The van der Waals surface area contributed by atoms with E-state index < -0.39 is 0 Å². The Balaban J connectivity index is 1.97. The fourth-order valence-electron chi connectivity index (χ4n) is 2.22. The summed E-state index contributed by atoms with van der Waals surface area (Å²) < 4.78 is 5.35. The number of carbonyl (C=O) groups excluding carboxylic acids is 2. The summed E-state index contributed by atoms with van der Waals surface area (Å²) in [7, 11) is 0. The van der Waals surface area contributed by atoms with Crippen LogP contribution in [0, 0.1) is 5.92 Å². The van der Waals surface area contributed by atoms with E-state index in [0.29, 0.717) is 18.0 Å². The van der Waals surface area contributed by atoms with Gasteiger partial charge in [0.15, 0.2) is 6.61 Å². The highest BCUT2D eigenvalue weighted by Gasteiger charge is 2.17. The summed E-state index contributed by atoms with van der Waals surface area (Å²) in [5.74, 6) is 0.663. The van der Waals surface area contributed by atoms with Gasteiger partial charge in [-0.2, -0.15) is 0 Å². The molecule has 1 aliphatic rings. The zero-order valence-corrected chi connectivity index (χ0v) is 11.9. The molecule has 2 amide bonds. The van der Waals surface area contributed by atoms with E-state index in [-0.39, 0.29) is 24.3 Å². The third-order valence-electron chi connectivity index (χ3n) is 3.50. The molecule has 20 heavy (non-hydrogen) atoms. The Morgan fingerprint density at radius 3 is 2.85 bits per heavy atom. The van der Waals surface area contributed by atoms with Crippen molar-refractivity contribution in [3.8, 4) is 5.75 Å². The number of benzene rings is 1. The van der Waals surface area contributed by atoms with Gasteiger partial charge >= 0.3 is 0 Å². The Labute approximate surface area is 118 Å². The lowest BCUT2D eigenvalue weighted by atomic mass is 10.0. The second kappa shape index (κ2) is 6.41. The van der Waals surface area contributed by atoms with Crippen LogP contribution in [-0.2, 0) is 16.1 Å². The van der Waals surface area contributed by atoms with E-state index in [1.54, 1.807) is 6.07 Å². The Hall–Kier alpha value is -2.04. The van der Waals surface area contributed by atoms with Gasteiger partial charge in [-0.15, -0.1) is 0 Å². The van der Waals surface area contributed by atoms with Crippen LogP contribution < -0.4 is 15.4 Å². The fraction of sp³-hybridized carbons (Fsp3) is 0.467. The molecule has 108 valence electrons. The summed E-state index contributed by atoms with van der Waals surface area (Å²) in [6, 6.07) is 5.52. The van der Waals surface area contributed by atoms with Crippen LogP contribution in [0.3, 0.4) is 0 Å². The molecular formula is C15H20N2O3. The van der Waals surface area contributed by atoms with E-state index in [1.807, 2.05) is 26.0 Å². The van der Waals surface area contributed by atoms with Gasteiger partial charge < -0.3 is 15.4 Å². The number of hydrogen-bond acceptors (Lipinski definition) is 3. The molecule has 5 nitrogen and oxygen atoms in total. The summed E-state index contributed by atoms with van der Waals surface area (Å²) in [5, 5.41) is 5.67. The number of nitrogens with one attached hydrogen (secondary N) is 2. The first-order valence-corrected chi connectivity index (χ1v) is 6.97. The summed E-state index contributed by atoms with van der Waals surface area (Å²) >= 11 is 0. The Kier molecular flexibility index (Phi) is 4.61. The zero-order chi connectivity index (χ0) is 14.5. The van der Waals surface area contributed by atoms with Crippen LogP contribution in [0.5, 0.6) is 5.75 Å². The van der Waals surface area contributed by atoms with E-state index in [2.05, 4.69) is 10.6 Å². The van der Waals surface area contributed by atoms with Crippen LogP contribution in [-0.4, -0.2) is 18.4 Å². The average molecular weight is 276 g/mol. The van der Waals surface area contributed by atoms with Crippen molar-refractivity contribution in [2.24, 2.45) is 5.92 Å². The van der Waals surface area contributed by atoms with Crippen molar-refractivity contribution in [3.63, 3.8) is 0 Å². The molecule has 0 aromatic heterocycles. The van der Waals surface area contributed by atoms with E-state index in [9.17, 15) is 9.59 Å². The van der Waals surface area contributed by atoms with Crippen LogP contribution in [0.25, 0.3) is 0 Å². The second-order valence-corrected chi connectivity index (χ2v) is 4.90. The fourth-order valence-corrected chi connectivity index (χ4v) is 2.22. The molecule has 0 spiro atoms. The molecule has 0 saturated heterocycles. The molecule has 1 aliphatic heterocycles. The van der Waals surface area contributed by atoms with Crippen molar-refractivity contribution < 1.29 is 14.3 Å². The van der Waals surface area contributed by atoms with Crippen molar-refractivity contribution in [3.05, 3.63) is 23.8 Å². The van der Waals surface area contributed by atoms with Crippen molar-refractivity contribution in [2.45, 2.75) is 33.2 Å². The normalized spacial score (nSPS) is 13.4. The lowest BCUT2D eigenvalue weighted by Crippen LogP contribution is -2.30. The quantitative estimate of drug-likeness (QED) is 0.865. The minimum atomic E-state index is -0.146. The van der Waals surface area contributed by atoms with Crippen molar-refractivity contribution >= 4 is 17.5 Å². The topological polar surface area (TPSA) is 67.4 Å². The van der Waals surface area contributed by atoms with Crippen molar-refractivity contribution in [1.82, 2.24) is 5.32 Å². The number of amides is 2. The summed E-state index contributed by atoms with van der Waals surface area (Å²) in [6.45, 7) is 4.54. The number of fused-ring (bicyclic) bond motifs is 1. The second-order valence-electron chi connectivity index (χ2n) is 4.90. The standard InChI is InChI=1S/C15H20N2O3/c1-3-11(4-2)15(19)16-8-10-5-6-12-13(7-10)20-9-14(18)17-12/h5-7,11H,3-4,8-9H2,1-2H3,(H,16,19)(H,17,18). The third-order valence-corrected chi connectivity index (χ3v) is 3.50. The number of carbonyl (C=O) groups is 2. The lowest BCUT2D eigenvalue weighted by Gasteiger charge is -2.19. The lowest BCUT2D eigenvalue weighted by molar-refractivity contribution is -0.125. The largest absolute Gasteiger partial charge is 0.482 e. The van der Waals surface area contributed by atoms with Crippen LogP contribution >= 0.6 is 0 Å². The van der Waals surface area contributed by atoms with Gasteiger partial charge in [0, 0.05) is 12.5 Å².